The van der Waals surface area contributed by atoms with Crippen LogP contribution in [0.2, 0.25) is 51.4 Å². The average Bonchev–Trinajstić information content (AvgIpc) is 2.65. The van der Waals surface area contributed by atoms with Crippen molar-refractivity contribution in [3.8, 4) is 0 Å². The van der Waals surface area contributed by atoms with Gasteiger partial charge in [-0.25, -0.2) is 4.79 Å². The van der Waals surface area contributed by atoms with Crippen molar-refractivity contribution in [2.75, 3.05) is 13.2 Å². The van der Waals surface area contributed by atoms with Crippen LogP contribution in [0.25, 0.3) is 0 Å². The van der Waals surface area contributed by atoms with Gasteiger partial charge < -0.3 is 19.9 Å². The summed E-state index contributed by atoms with van der Waals surface area (Å²) in [5, 5.41) is 12.7. The summed E-state index contributed by atoms with van der Waals surface area (Å²) in [7, 11) is -2.75. The number of allylic oxidation sites excluding steroid dienone is 1. The zero-order chi connectivity index (χ0) is 25.3. The zero-order valence-corrected chi connectivity index (χ0v) is 23.7. The highest BCUT2D eigenvalue weighted by atomic mass is 28.3. The largest absolute Gasteiger partial charge is 0.466 e. The number of hydrogen-bond acceptors (Lipinski definition) is 6. The molecule has 0 aliphatic heterocycles. The smallest absolute Gasteiger partial charge is 0.329 e. The van der Waals surface area contributed by atoms with E-state index in [9.17, 15) is 19.5 Å². The van der Waals surface area contributed by atoms with Crippen molar-refractivity contribution in [1.29, 1.82) is 0 Å². The molecule has 3 atom stereocenters. The molecule has 0 fully saturated rings. The van der Waals surface area contributed by atoms with Crippen molar-refractivity contribution in [3.05, 3.63) is 12.2 Å². The first-order chi connectivity index (χ1) is 15.1. The SMILES string of the molecule is C[C@@]1(C(=O)N[C@@H](CC(=O)OCC[Si](C)(C)C)C(=O)OCC[Si](C)(C)C)CC/C=C\[C@H](O)CC1. The molecular formula is C24H45NO6Si2. The molecule has 9 heteroatoms. The molecule has 1 aliphatic rings. The van der Waals surface area contributed by atoms with E-state index < -0.39 is 45.6 Å². The number of hydrogen-bond donors (Lipinski definition) is 2. The molecular weight excluding hydrogens is 454 g/mol. The summed E-state index contributed by atoms with van der Waals surface area (Å²) in [6, 6.07) is 0.563. The Kier molecular flexibility index (Phi) is 11.5. The number of aliphatic hydroxyl groups excluding tert-OH is 1. The third-order valence-electron chi connectivity index (χ3n) is 5.93. The lowest BCUT2D eigenvalue weighted by Gasteiger charge is -2.31. The molecule has 1 rings (SSSR count). The first-order valence-corrected chi connectivity index (χ1v) is 19.5. The van der Waals surface area contributed by atoms with Gasteiger partial charge in [0.15, 0.2) is 0 Å². The second kappa shape index (κ2) is 12.9. The van der Waals surface area contributed by atoms with Gasteiger partial charge in [0.2, 0.25) is 5.91 Å². The first kappa shape index (κ1) is 29.6. The molecule has 0 aromatic rings. The van der Waals surface area contributed by atoms with Crippen LogP contribution in [0.1, 0.15) is 39.0 Å². The van der Waals surface area contributed by atoms with E-state index in [-0.39, 0.29) is 18.9 Å². The molecule has 7 nitrogen and oxygen atoms in total. The lowest BCUT2D eigenvalue weighted by atomic mass is 9.78. The number of carbonyl (C=O) groups excluding carboxylic acids is 3. The maximum absolute atomic E-state index is 13.2. The van der Waals surface area contributed by atoms with Crippen LogP contribution in [0.15, 0.2) is 12.2 Å². The lowest BCUT2D eigenvalue weighted by molar-refractivity contribution is -0.154. The van der Waals surface area contributed by atoms with E-state index in [2.05, 4.69) is 44.6 Å². The molecule has 0 heterocycles. The summed E-state index contributed by atoms with van der Waals surface area (Å²) in [6.07, 6.45) is 5.01. The van der Waals surface area contributed by atoms with Crippen molar-refractivity contribution in [1.82, 2.24) is 5.32 Å². The fourth-order valence-corrected chi connectivity index (χ4v) is 4.78. The average molecular weight is 500 g/mol. The Morgan fingerprint density at radius 1 is 1.03 bits per heavy atom. The second-order valence-electron chi connectivity index (χ2n) is 11.9. The monoisotopic (exact) mass is 499 g/mol. The van der Waals surface area contributed by atoms with Crippen LogP contribution in [0.4, 0.5) is 0 Å². The van der Waals surface area contributed by atoms with Gasteiger partial charge in [0.25, 0.3) is 0 Å². The number of ether oxygens (including phenoxy) is 2. The highest BCUT2D eigenvalue weighted by Crippen LogP contribution is 2.32. The fourth-order valence-electron chi connectivity index (χ4n) is 3.35. The maximum atomic E-state index is 13.2. The van der Waals surface area contributed by atoms with Gasteiger partial charge in [0.05, 0.1) is 25.7 Å². The second-order valence-corrected chi connectivity index (χ2v) is 23.1. The van der Waals surface area contributed by atoms with Crippen molar-refractivity contribution >= 4 is 34.0 Å². The van der Waals surface area contributed by atoms with E-state index in [0.29, 0.717) is 32.3 Å². The van der Waals surface area contributed by atoms with Gasteiger partial charge in [-0.15, -0.1) is 0 Å². The first-order valence-electron chi connectivity index (χ1n) is 12.1. The van der Waals surface area contributed by atoms with Gasteiger partial charge in [-0.2, -0.15) is 0 Å². The van der Waals surface area contributed by atoms with Gasteiger partial charge in [0, 0.05) is 21.6 Å². The molecule has 0 saturated heterocycles. The minimum absolute atomic E-state index is 0.248. The molecule has 0 aromatic carbocycles. The van der Waals surface area contributed by atoms with E-state index in [1.54, 1.807) is 6.08 Å². The van der Waals surface area contributed by atoms with Crippen molar-refractivity contribution < 1.29 is 29.0 Å². The summed E-state index contributed by atoms with van der Waals surface area (Å²) < 4.78 is 10.8. The van der Waals surface area contributed by atoms with Crippen molar-refractivity contribution in [2.24, 2.45) is 5.41 Å². The van der Waals surface area contributed by atoms with Crippen LogP contribution in [0.5, 0.6) is 0 Å². The van der Waals surface area contributed by atoms with E-state index in [4.69, 9.17) is 9.47 Å². The van der Waals surface area contributed by atoms with E-state index in [1.807, 2.05) is 13.0 Å². The maximum Gasteiger partial charge on any atom is 0.329 e. The van der Waals surface area contributed by atoms with Crippen LogP contribution >= 0.6 is 0 Å². The van der Waals surface area contributed by atoms with Crippen molar-refractivity contribution in [2.45, 2.75) is 103 Å². The number of amides is 1. The summed E-state index contributed by atoms with van der Waals surface area (Å²) in [5.74, 6) is -1.41. The van der Waals surface area contributed by atoms with Gasteiger partial charge in [-0.1, -0.05) is 58.4 Å². The molecule has 33 heavy (non-hydrogen) atoms. The molecule has 1 amide bonds. The summed E-state index contributed by atoms with van der Waals surface area (Å²) >= 11 is 0. The van der Waals surface area contributed by atoms with Crippen LogP contribution < -0.4 is 5.32 Å². The Bertz CT molecular complexity index is 698. The fraction of sp³-hybridized carbons (Fsp3) is 0.792. The standard InChI is InChI=1S/C24H45NO6Si2/c1-24(12-9-8-10-19(26)11-13-24)23(29)25-20(22(28)31-15-17-33(5,6)7)18-21(27)30-14-16-32(2,3)4/h8,10,19-20,26H,9,11-18H2,1-7H3,(H,25,29)/b10-8-/t19-,20-,24+/m0/s1. The van der Waals surface area contributed by atoms with E-state index in [0.717, 1.165) is 12.1 Å². The van der Waals surface area contributed by atoms with Gasteiger partial charge in [0.1, 0.15) is 6.04 Å². The highest BCUT2D eigenvalue weighted by Gasteiger charge is 2.37. The van der Waals surface area contributed by atoms with E-state index in [1.165, 1.54) is 0 Å². The van der Waals surface area contributed by atoms with E-state index >= 15 is 0 Å². The van der Waals surface area contributed by atoms with Crippen LogP contribution in [0.3, 0.4) is 0 Å². The summed E-state index contributed by atoms with van der Waals surface area (Å²) in [6.45, 7) is 15.6. The van der Waals surface area contributed by atoms with Crippen LogP contribution in [0, 0.1) is 5.41 Å². The Morgan fingerprint density at radius 2 is 1.61 bits per heavy atom. The molecule has 0 saturated carbocycles. The molecule has 2 N–H and O–H groups in total. The third-order valence-corrected chi connectivity index (χ3v) is 9.34. The number of nitrogens with one attached hydrogen (secondary N) is 1. The highest BCUT2D eigenvalue weighted by molar-refractivity contribution is 6.76. The lowest BCUT2D eigenvalue weighted by Crippen LogP contribution is -2.49. The molecule has 0 radical (unpaired) electrons. The number of carbonyl (C=O) groups is 3. The minimum atomic E-state index is -1.40. The van der Waals surface area contributed by atoms with Crippen LogP contribution in [-0.2, 0) is 23.9 Å². The van der Waals surface area contributed by atoms with Gasteiger partial charge >= 0.3 is 11.9 Å². The molecule has 0 unspecified atom stereocenters. The van der Waals surface area contributed by atoms with Crippen LogP contribution in [-0.4, -0.2) is 64.5 Å². The predicted molar refractivity (Wildman–Crippen MR) is 136 cm³/mol. The Labute approximate surface area is 201 Å². The zero-order valence-electron chi connectivity index (χ0n) is 21.7. The summed E-state index contributed by atoms with van der Waals surface area (Å²) in [5.41, 5.74) is -0.746. The Morgan fingerprint density at radius 3 is 2.18 bits per heavy atom. The third kappa shape index (κ3) is 12.5. The van der Waals surface area contributed by atoms with Gasteiger partial charge in [-0.05, 0) is 37.8 Å². The Hall–Kier alpha value is -1.46. The number of esters is 2. The predicted octanol–water partition coefficient (Wildman–Crippen LogP) is 4.12. The normalized spacial score (nSPS) is 23.6. The molecule has 190 valence electrons. The van der Waals surface area contributed by atoms with Crippen molar-refractivity contribution in [3.63, 3.8) is 0 Å². The molecule has 1 aliphatic carbocycles. The number of aliphatic hydroxyl groups is 1. The molecule has 0 aromatic heterocycles. The molecule has 0 spiro atoms. The number of rotatable bonds is 11. The molecule has 0 bridgehead atoms. The van der Waals surface area contributed by atoms with Gasteiger partial charge in [-0.3, -0.25) is 9.59 Å². The quantitative estimate of drug-likeness (QED) is 0.252. The minimum Gasteiger partial charge on any atom is -0.466 e. The summed E-state index contributed by atoms with van der Waals surface area (Å²) in [4.78, 5) is 38.5. The topological polar surface area (TPSA) is 102 Å². The Balaban J connectivity index is 2.84.